The molecule has 2 rings (SSSR count). The molecule has 0 spiro atoms. The van der Waals surface area contributed by atoms with Gasteiger partial charge in [-0.3, -0.25) is 4.79 Å². The van der Waals surface area contributed by atoms with Gasteiger partial charge < -0.3 is 15.4 Å². The number of ether oxygens (including phenoxy) is 1. The molecule has 2 N–H and O–H groups in total. The number of benzene rings is 2. The van der Waals surface area contributed by atoms with E-state index in [4.69, 9.17) is 0 Å². The SMILES string of the molecule is Cc1ccc(NC(=O)CNc2ccc(OC(F)(F)F)cc2)cc1C. The molecular formula is C17H17F3N2O2. The summed E-state index contributed by atoms with van der Waals surface area (Å²) in [4.78, 5) is 11.9. The van der Waals surface area contributed by atoms with Crippen LogP contribution in [0.5, 0.6) is 5.75 Å². The largest absolute Gasteiger partial charge is 0.573 e. The van der Waals surface area contributed by atoms with Crippen molar-refractivity contribution in [3.63, 3.8) is 0 Å². The third kappa shape index (κ3) is 5.49. The maximum atomic E-state index is 12.1. The first-order valence-corrected chi connectivity index (χ1v) is 7.20. The van der Waals surface area contributed by atoms with Crippen LogP contribution in [0.1, 0.15) is 11.1 Å². The zero-order valence-corrected chi connectivity index (χ0v) is 13.2. The number of halogens is 3. The van der Waals surface area contributed by atoms with E-state index in [1.165, 1.54) is 24.3 Å². The van der Waals surface area contributed by atoms with Crippen molar-refractivity contribution in [1.82, 2.24) is 0 Å². The van der Waals surface area contributed by atoms with Gasteiger partial charge in [-0.05, 0) is 61.4 Å². The first-order valence-electron chi connectivity index (χ1n) is 7.20. The Bertz CT molecular complexity index is 713. The Morgan fingerprint density at radius 3 is 2.21 bits per heavy atom. The maximum Gasteiger partial charge on any atom is 0.573 e. The Kier molecular flexibility index (Phi) is 5.33. The average Bonchev–Trinajstić information content (AvgIpc) is 2.49. The number of amides is 1. The molecule has 2 aromatic carbocycles. The standard InChI is InChI=1S/C17H17F3N2O2/c1-11-3-4-14(9-12(11)2)22-16(23)10-21-13-5-7-15(8-6-13)24-17(18,19)20/h3-9,21H,10H2,1-2H3,(H,22,23). The van der Waals surface area contributed by atoms with Crippen LogP contribution in [0, 0.1) is 13.8 Å². The van der Waals surface area contributed by atoms with E-state index in [2.05, 4.69) is 15.4 Å². The second-order valence-corrected chi connectivity index (χ2v) is 5.27. The minimum absolute atomic E-state index is 0.00754. The molecule has 24 heavy (non-hydrogen) atoms. The fraction of sp³-hybridized carbons (Fsp3) is 0.235. The van der Waals surface area contributed by atoms with Gasteiger partial charge in [-0.1, -0.05) is 6.07 Å². The summed E-state index contributed by atoms with van der Waals surface area (Å²) in [5.74, 6) is -0.568. The lowest BCUT2D eigenvalue weighted by molar-refractivity contribution is -0.274. The minimum atomic E-state index is -4.72. The fourth-order valence-corrected chi connectivity index (χ4v) is 1.98. The Hall–Kier alpha value is -2.70. The highest BCUT2D eigenvalue weighted by Gasteiger charge is 2.30. The second kappa shape index (κ2) is 7.25. The summed E-state index contributed by atoms with van der Waals surface area (Å²) in [5, 5.41) is 5.58. The molecule has 2 aromatic rings. The third-order valence-electron chi connectivity index (χ3n) is 3.33. The average molecular weight is 338 g/mol. The first kappa shape index (κ1) is 17.7. The van der Waals surface area contributed by atoms with Gasteiger partial charge in [-0.25, -0.2) is 0 Å². The third-order valence-corrected chi connectivity index (χ3v) is 3.33. The summed E-state index contributed by atoms with van der Waals surface area (Å²) in [7, 11) is 0. The predicted molar refractivity (Wildman–Crippen MR) is 86.2 cm³/mol. The molecule has 0 saturated carbocycles. The molecule has 128 valence electrons. The number of anilines is 2. The van der Waals surface area contributed by atoms with E-state index >= 15 is 0 Å². The van der Waals surface area contributed by atoms with Gasteiger partial charge in [0.2, 0.25) is 5.91 Å². The molecule has 0 fully saturated rings. The van der Waals surface area contributed by atoms with Gasteiger partial charge in [-0.2, -0.15) is 0 Å². The van der Waals surface area contributed by atoms with Gasteiger partial charge in [-0.15, -0.1) is 13.2 Å². The lowest BCUT2D eigenvalue weighted by atomic mass is 10.1. The van der Waals surface area contributed by atoms with Crippen LogP contribution in [0.3, 0.4) is 0 Å². The van der Waals surface area contributed by atoms with Crippen molar-refractivity contribution in [2.75, 3.05) is 17.2 Å². The van der Waals surface area contributed by atoms with Crippen molar-refractivity contribution in [3.8, 4) is 5.75 Å². The Morgan fingerprint density at radius 2 is 1.62 bits per heavy atom. The maximum absolute atomic E-state index is 12.1. The van der Waals surface area contributed by atoms with Gasteiger partial charge in [0.1, 0.15) is 5.75 Å². The summed E-state index contributed by atoms with van der Waals surface area (Å²) in [6.45, 7) is 3.93. The molecule has 0 saturated heterocycles. The first-order chi connectivity index (χ1) is 11.2. The van der Waals surface area contributed by atoms with Crippen LogP contribution in [0.2, 0.25) is 0 Å². The highest BCUT2D eigenvalue weighted by Crippen LogP contribution is 2.23. The van der Waals surface area contributed by atoms with E-state index in [0.29, 0.717) is 11.4 Å². The van der Waals surface area contributed by atoms with Gasteiger partial charge in [0.15, 0.2) is 0 Å². The summed E-state index contributed by atoms with van der Waals surface area (Å²) in [6, 6.07) is 10.8. The number of alkyl halides is 3. The number of hydrogen-bond donors (Lipinski definition) is 2. The lowest BCUT2D eigenvalue weighted by Crippen LogP contribution is -2.21. The Balaban J connectivity index is 1.86. The summed E-state index contributed by atoms with van der Waals surface area (Å²) < 4.78 is 40.0. The molecule has 0 atom stereocenters. The van der Waals surface area contributed by atoms with Gasteiger partial charge in [0.25, 0.3) is 0 Å². The zero-order valence-electron chi connectivity index (χ0n) is 13.2. The number of nitrogens with one attached hydrogen (secondary N) is 2. The quantitative estimate of drug-likeness (QED) is 0.857. The Morgan fingerprint density at radius 1 is 1.00 bits per heavy atom. The summed E-state index contributed by atoms with van der Waals surface area (Å²) in [6.07, 6.45) is -4.72. The normalized spacial score (nSPS) is 11.0. The van der Waals surface area contributed by atoms with Crippen molar-refractivity contribution >= 4 is 17.3 Å². The van der Waals surface area contributed by atoms with E-state index in [1.54, 1.807) is 0 Å². The molecule has 0 bridgehead atoms. The molecule has 0 radical (unpaired) electrons. The molecule has 0 aromatic heterocycles. The zero-order chi connectivity index (χ0) is 17.7. The number of carbonyl (C=O) groups excluding carboxylic acids is 1. The van der Waals surface area contributed by atoms with Gasteiger partial charge in [0.05, 0.1) is 6.54 Å². The van der Waals surface area contributed by atoms with Crippen molar-refractivity contribution in [2.45, 2.75) is 20.2 Å². The second-order valence-electron chi connectivity index (χ2n) is 5.27. The van der Waals surface area contributed by atoms with Crippen LogP contribution in [-0.2, 0) is 4.79 Å². The van der Waals surface area contributed by atoms with Crippen LogP contribution >= 0.6 is 0 Å². The number of rotatable bonds is 5. The van der Waals surface area contributed by atoms with E-state index < -0.39 is 6.36 Å². The van der Waals surface area contributed by atoms with Crippen LogP contribution in [0.25, 0.3) is 0 Å². The highest BCUT2D eigenvalue weighted by atomic mass is 19.4. The molecule has 1 amide bonds. The lowest BCUT2D eigenvalue weighted by Gasteiger charge is -2.11. The number of hydrogen-bond acceptors (Lipinski definition) is 3. The molecule has 0 heterocycles. The summed E-state index contributed by atoms with van der Waals surface area (Å²) >= 11 is 0. The van der Waals surface area contributed by atoms with E-state index in [1.807, 2.05) is 32.0 Å². The fourth-order valence-electron chi connectivity index (χ4n) is 1.98. The molecule has 7 heteroatoms. The molecule has 0 unspecified atom stereocenters. The molecule has 4 nitrogen and oxygen atoms in total. The van der Waals surface area contributed by atoms with Crippen LogP contribution in [0.4, 0.5) is 24.5 Å². The van der Waals surface area contributed by atoms with Crippen LogP contribution in [-0.4, -0.2) is 18.8 Å². The topological polar surface area (TPSA) is 50.4 Å². The highest BCUT2D eigenvalue weighted by molar-refractivity contribution is 5.93. The Labute approximate surface area is 137 Å². The predicted octanol–water partition coefficient (Wildman–Crippen LogP) is 4.25. The van der Waals surface area contributed by atoms with Crippen molar-refractivity contribution < 1.29 is 22.7 Å². The van der Waals surface area contributed by atoms with E-state index in [0.717, 1.165) is 11.1 Å². The van der Waals surface area contributed by atoms with Crippen LogP contribution in [0.15, 0.2) is 42.5 Å². The molecular weight excluding hydrogens is 321 g/mol. The van der Waals surface area contributed by atoms with E-state index in [-0.39, 0.29) is 18.2 Å². The molecule has 0 aliphatic rings. The van der Waals surface area contributed by atoms with E-state index in [9.17, 15) is 18.0 Å². The van der Waals surface area contributed by atoms with Crippen molar-refractivity contribution in [1.29, 1.82) is 0 Å². The molecule has 0 aliphatic heterocycles. The summed E-state index contributed by atoms with van der Waals surface area (Å²) in [5.41, 5.74) is 3.41. The van der Waals surface area contributed by atoms with Crippen molar-refractivity contribution in [3.05, 3.63) is 53.6 Å². The number of carbonyl (C=O) groups is 1. The van der Waals surface area contributed by atoms with Gasteiger partial charge >= 0.3 is 6.36 Å². The van der Waals surface area contributed by atoms with Crippen molar-refractivity contribution in [2.24, 2.45) is 0 Å². The molecule has 0 aliphatic carbocycles. The van der Waals surface area contributed by atoms with Gasteiger partial charge in [0, 0.05) is 11.4 Å². The monoisotopic (exact) mass is 338 g/mol. The number of aryl methyl sites for hydroxylation is 2. The smallest absolute Gasteiger partial charge is 0.406 e. The van der Waals surface area contributed by atoms with Crippen LogP contribution < -0.4 is 15.4 Å². The minimum Gasteiger partial charge on any atom is -0.406 e.